The maximum absolute atomic E-state index is 5.24. The second-order valence-corrected chi connectivity index (χ2v) is 4.32. The predicted molar refractivity (Wildman–Crippen MR) is 69.2 cm³/mol. The molecule has 3 aromatic rings. The molecule has 0 atom stereocenters. The van der Waals surface area contributed by atoms with Crippen molar-refractivity contribution in [3.05, 3.63) is 34.6 Å². The van der Waals surface area contributed by atoms with Crippen LogP contribution < -0.4 is 4.74 Å². The summed E-state index contributed by atoms with van der Waals surface area (Å²) in [6.45, 7) is 2.06. The van der Waals surface area contributed by atoms with Crippen molar-refractivity contribution in [2.24, 2.45) is 0 Å². The number of hydrogen-bond donors (Lipinski definition) is 1. The fourth-order valence-electron chi connectivity index (χ4n) is 2.06. The van der Waals surface area contributed by atoms with Gasteiger partial charge in [-0.2, -0.15) is 5.10 Å². The highest BCUT2D eigenvalue weighted by Crippen LogP contribution is 2.25. The second kappa shape index (κ2) is 3.56. The zero-order valence-corrected chi connectivity index (χ0v) is 10.3. The highest BCUT2D eigenvalue weighted by molar-refractivity contribution is 7.71. The van der Waals surface area contributed by atoms with Gasteiger partial charge >= 0.3 is 0 Å². The first kappa shape index (κ1) is 10.3. The van der Waals surface area contributed by atoms with Crippen LogP contribution in [0.15, 0.2) is 24.3 Å². The van der Waals surface area contributed by atoms with Crippen molar-refractivity contribution in [2.45, 2.75) is 6.92 Å². The summed E-state index contributed by atoms with van der Waals surface area (Å²) in [6.07, 6.45) is 0. The minimum Gasteiger partial charge on any atom is -0.497 e. The molecule has 17 heavy (non-hydrogen) atoms. The Balaban J connectivity index is 2.57. The van der Waals surface area contributed by atoms with E-state index in [2.05, 4.69) is 17.1 Å². The van der Waals surface area contributed by atoms with Gasteiger partial charge in [0.15, 0.2) is 10.4 Å². The van der Waals surface area contributed by atoms with Crippen molar-refractivity contribution in [3.8, 4) is 5.75 Å². The zero-order chi connectivity index (χ0) is 12.0. The van der Waals surface area contributed by atoms with E-state index in [0.29, 0.717) is 4.77 Å². The molecule has 2 heterocycles. The van der Waals surface area contributed by atoms with Gasteiger partial charge in [-0.05, 0) is 49.0 Å². The molecule has 0 unspecified atom stereocenters. The summed E-state index contributed by atoms with van der Waals surface area (Å²) in [5, 5.41) is 8.12. The van der Waals surface area contributed by atoms with Crippen LogP contribution >= 0.6 is 12.2 Å². The van der Waals surface area contributed by atoms with Gasteiger partial charge in [-0.15, -0.1) is 0 Å². The summed E-state index contributed by atoms with van der Waals surface area (Å²) in [5.74, 6) is 0.843. The van der Waals surface area contributed by atoms with E-state index in [1.807, 2.05) is 28.7 Å². The molecule has 1 N–H and O–H groups in total. The molecule has 4 nitrogen and oxygen atoms in total. The molecule has 2 aromatic heterocycles. The van der Waals surface area contributed by atoms with Crippen LogP contribution in [0, 0.1) is 11.7 Å². The van der Waals surface area contributed by atoms with Crippen molar-refractivity contribution >= 4 is 28.8 Å². The average Bonchev–Trinajstić information content (AvgIpc) is 2.70. The number of methoxy groups -OCH3 is 1. The summed E-state index contributed by atoms with van der Waals surface area (Å²) in [6, 6.07) is 7.95. The highest BCUT2D eigenvalue weighted by Gasteiger charge is 2.07. The van der Waals surface area contributed by atoms with Crippen molar-refractivity contribution < 1.29 is 4.74 Å². The first-order chi connectivity index (χ1) is 8.20. The van der Waals surface area contributed by atoms with Gasteiger partial charge in [0.05, 0.1) is 12.6 Å². The molecule has 0 bridgehead atoms. The molecule has 0 aliphatic heterocycles. The largest absolute Gasteiger partial charge is 0.497 e. The number of nitrogens with one attached hydrogen (secondary N) is 1. The number of ether oxygens (including phenoxy) is 1. The molecule has 5 heteroatoms. The van der Waals surface area contributed by atoms with Gasteiger partial charge in [-0.1, -0.05) is 0 Å². The zero-order valence-electron chi connectivity index (χ0n) is 9.52. The van der Waals surface area contributed by atoms with Crippen LogP contribution in [0.1, 0.15) is 5.56 Å². The SMILES string of the molecule is COc1ccc2c(c1)c(C)cc1n[nH]c(=S)n12. The van der Waals surface area contributed by atoms with Gasteiger partial charge in [0.2, 0.25) is 0 Å². The Morgan fingerprint density at radius 1 is 1.35 bits per heavy atom. The lowest BCUT2D eigenvalue weighted by atomic mass is 10.1. The molecular weight excluding hydrogens is 234 g/mol. The van der Waals surface area contributed by atoms with E-state index in [4.69, 9.17) is 17.0 Å². The number of aromatic amines is 1. The maximum Gasteiger partial charge on any atom is 0.200 e. The van der Waals surface area contributed by atoms with Crippen LogP contribution in [0.3, 0.4) is 0 Å². The summed E-state index contributed by atoms with van der Waals surface area (Å²) < 4.78 is 7.78. The molecule has 0 spiro atoms. The quantitative estimate of drug-likeness (QED) is 0.670. The van der Waals surface area contributed by atoms with E-state index in [0.717, 1.165) is 27.9 Å². The Morgan fingerprint density at radius 2 is 2.18 bits per heavy atom. The fourth-order valence-corrected chi connectivity index (χ4v) is 2.30. The minimum atomic E-state index is 0.607. The van der Waals surface area contributed by atoms with E-state index < -0.39 is 0 Å². The van der Waals surface area contributed by atoms with Crippen LogP contribution in [-0.4, -0.2) is 21.7 Å². The van der Waals surface area contributed by atoms with Gasteiger partial charge in [-0.3, -0.25) is 9.50 Å². The van der Waals surface area contributed by atoms with Crippen molar-refractivity contribution in [1.82, 2.24) is 14.6 Å². The van der Waals surface area contributed by atoms with Crippen LogP contribution in [0.4, 0.5) is 0 Å². The van der Waals surface area contributed by atoms with E-state index in [-0.39, 0.29) is 0 Å². The van der Waals surface area contributed by atoms with Crippen molar-refractivity contribution in [1.29, 1.82) is 0 Å². The summed E-state index contributed by atoms with van der Waals surface area (Å²) >= 11 is 5.23. The van der Waals surface area contributed by atoms with Gasteiger partial charge in [-0.25, -0.2) is 0 Å². The van der Waals surface area contributed by atoms with Gasteiger partial charge in [0, 0.05) is 5.39 Å². The number of pyridine rings is 1. The van der Waals surface area contributed by atoms with Crippen LogP contribution in [-0.2, 0) is 0 Å². The normalized spacial score (nSPS) is 11.2. The lowest BCUT2D eigenvalue weighted by Gasteiger charge is -2.07. The molecule has 0 amide bonds. The minimum absolute atomic E-state index is 0.607. The molecule has 86 valence electrons. The lowest BCUT2D eigenvalue weighted by Crippen LogP contribution is -1.92. The maximum atomic E-state index is 5.24. The van der Waals surface area contributed by atoms with E-state index in [1.54, 1.807) is 7.11 Å². The first-order valence-corrected chi connectivity index (χ1v) is 5.66. The molecule has 0 radical (unpaired) electrons. The molecule has 0 aliphatic carbocycles. The topological polar surface area (TPSA) is 42.3 Å². The Labute approximate surface area is 103 Å². The second-order valence-electron chi connectivity index (χ2n) is 3.93. The number of aryl methyl sites for hydroxylation is 1. The number of H-pyrrole nitrogens is 1. The number of benzene rings is 1. The average molecular weight is 245 g/mol. The predicted octanol–water partition coefficient (Wildman–Crippen LogP) is 2.86. The molecular formula is C12H11N3OS. The van der Waals surface area contributed by atoms with Gasteiger partial charge in [0.1, 0.15) is 5.75 Å². The van der Waals surface area contributed by atoms with E-state index in [9.17, 15) is 0 Å². The first-order valence-electron chi connectivity index (χ1n) is 5.25. The number of aromatic nitrogens is 3. The Morgan fingerprint density at radius 3 is 2.94 bits per heavy atom. The number of fused-ring (bicyclic) bond motifs is 3. The van der Waals surface area contributed by atoms with E-state index in [1.165, 1.54) is 0 Å². The third kappa shape index (κ3) is 1.43. The third-order valence-corrected chi connectivity index (χ3v) is 3.19. The smallest absolute Gasteiger partial charge is 0.200 e. The molecule has 0 aliphatic rings. The third-order valence-electron chi connectivity index (χ3n) is 2.91. The molecule has 0 saturated carbocycles. The summed E-state index contributed by atoms with van der Waals surface area (Å²) in [7, 11) is 1.67. The highest BCUT2D eigenvalue weighted by atomic mass is 32.1. The van der Waals surface area contributed by atoms with E-state index >= 15 is 0 Å². The van der Waals surface area contributed by atoms with Crippen molar-refractivity contribution in [2.75, 3.05) is 7.11 Å². The number of nitrogens with zero attached hydrogens (tertiary/aromatic N) is 2. The molecule has 0 fully saturated rings. The van der Waals surface area contributed by atoms with Crippen LogP contribution in [0.25, 0.3) is 16.6 Å². The fraction of sp³-hybridized carbons (Fsp3) is 0.167. The summed E-state index contributed by atoms with van der Waals surface area (Å²) in [4.78, 5) is 0. The lowest BCUT2D eigenvalue weighted by molar-refractivity contribution is 0.415. The standard InChI is InChI=1S/C12H11N3OS/c1-7-5-11-13-14-12(17)15(11)10-4-3-8(16-2)6-9(7)10/h3-6H,1-2H3,(H,14,17). The Bertz CT molecular complexity index is 772. The Hall–Kier alpha value is -1.88. The van der Waals surface area contributed by atoms with Crippen molar-refractivity contribution in [3.63, 3.8) is 0 Å². The molecule has 3 rings (SSSR count). The molecule has 0 saturated heterocycles. The summed E-state index contributed by atoms with van der Waals surface area (Å²) in [5.41, 5.74) is 3.03. The number of hydrogen-bond acceptors (Lipinski definition) is 3. The molecule has 1 aromatic carbocycles. The number of rotatable bonds is 1. The monoisotopic (exact) mass is 245 g/mol. The van der Waals surface area contributed by atoms with Gasteiger partial charge < -0.3 is 4.74 Å². The Kier molecular flexibility index (Phi) is 2.16. The van der Waals surface area contributed by atoms with Crippen LogP contribution in [0.5, 0.6) is 5.75 Å². The van der Waals surface area contributed by atoms with Crippen LogP contribution in [0.2, 0.25) is 0 Å². The van der Waals surface area contributed by atoms with Gasteiger partial charge in [0.25, 0.3) is 0 Å².